The lowest BCUT2D eigenvalue weighted by atomic mass is 9.89. The van der Waals surface area contributed by atoms with Crippen LogP contribution in [0.1, 0.15) is 42.5 Å². The molecule has 0 radical (unpaired) electrons. The molecule has 6 rings (SSSR count). The molecule has 3 atom stereocenters. The SMILES string of the molecule is O=C(NC[C@H]1C[C@H]2C=C[C@H]1C21CC1)c1ccc(-n2cc(NC(=O)C3CCOCC3)cn2)cc1. The Kier molecular flexibility index (Phi) is 5.09. The zero-order valence-electron chi connectivity index (χ0n) is 18.7. The molecule has 2 aromatic rings. The van der Waals surface area contributed by atoms with Crippen LogP contribution in [0.3, 0.4) is 0 Å². The summed E-state index contributed by atoms with van der Waals surface area (Å²) >= 11 is 0. The van der Waals surface area contributed by atoms with Crippen molar-refractivity contribution >= 4 is 17.5 Å². The van der Waals surface area contributed by atoms with Crippen LogP contribution in [0.2, 0.25) is 0 Å². The minimum absolute atomic E-state index is 0.00913. The molecule has 1 aliphatic heterocycles. The maximum absolute atomic E-state index is 12.7. The number of allylic oxidation sites excluding steroid dienone is 2. The van der Waals surface area contributed by atoms with Crippen molar-refractivity contribution in [2.75, 3.05) is 25.1 Å². The van der Waals surface area contributed by atoms with Crippen LogP contribution in [-0.2, 0) is 9.53 Å². The summed E-state index contributed by atoms with van der Waals surface area (Å²) in [6.07, 6.45) is 13.7. The highest BCUT2D eigenvalue weighted by atomic mass is 16.5. The molecule has 2 heterocycles. The van der Waals surface area contributed by atoms with E-state index < -0.39 is 0 Å². The third-order valence-corrected chi connectivity index (χ3v) is 8.21. The average Bonchev–Trinajstić information content (AvgIpc) is 3.29. The summed E-state index contributed by atoms with van der Waals surface area (Å²) in [5.74, 6) is 1.96. The van der Waals surface area contributed by atoms with Gasteiger partial charge in [0.1, 0.15) is 0 Å². The van der Waals surface area contributed by atoms with E-state index in [1.807, 2.05) is 24.3 Å². The quantitative estimate of drug-likeness (QED) is 0.665. The second-order valence-electron chi connectivity index (χ2n) is 10.1. The van der Waals surface area contributed by atoms with Crippen LogP contribution in [0.5, 0.6) is 0 Å². The zero-order chi connectivity index (χ0) is 22.4. The van der Waals surface area contributed by atoms with Crippen LogP contribution < -0.4 is 10.6 Å². The molecule has 1 saturated heterocycles. The predicted octanol–water partition coefficient (Wildman–Crippen LogP) is 3.57. The number of benzene rings is 1. The molecular weight excluding hydrogens is 416 g/mol. The number of carbonyl (C=O) groups is 2. The van der Waals surface area contributed by atoms with E-state index in [9.17, 15) is 9.59 Å². The van der Waals surface area contributed by atoms with Gasteiger partial charge in [0.15, 0.2) is 0 Å². The highest BCUT2D eigenvalue weighted by molar-refractivity contribution is 5.94. The molecule has 4 aliphatic rings. The van der Waals surface area contributed by atoms with Gasteiger partial charge in [0.05, 0.1) is 23.8 Å². The lowest BCUT2D eigenvalue weighted by Gasteiger charge is -2.20. The van der Waals surface area contributed by atoms with Gasteiger partial charge < -0.3 is 15.4 Å². The van der Waals surface area contributed by atoms with Gasteiger partial charge in [-0.1, -0.05) is 12.2 Å². The molecule has 7 nitrogen and oxygen atoms in total. The summed E-state index contributed by atoms with van der Waals surface area (Å²) in [5, 5.41) is 10.5. The Balaban J connectivity index is 1.04. The molecule has 2 bridgehead atoms. The van der Waals surface area contributed by atoms with Gasteiger partial charge >= 0.3 is 0 Å². The number of hydrogen-bond acceptors (Lipinski definition) is 4. The molecule has 3 fully saturated rings. The number of rotatable bonds is 6. The van der Waals surface area contributed by atoms with Crippen LogP contribution in [-0.4, -0.2) is 41.4 Å². The first-order chi connectivity index (χ1) is 16.1. The van der Waals surface area contributed by atoms with Gasteiger partial charge in [-0.2, -0.15) is 5.10 Å². The van der Waals surface area contributed by atoms with E-state index in [-0.39, 0.29) is 17.7 Å². The Bertz CT molecular complexity index is 1080. The number of ether oxygens (including phenoxy) is 1. The number of nitrogens with one attached hydrogen (secondary N) is 2. The molecule has 0 unspecified atom stereocenters. The Morgan fingerprint density at radius 2 is 1.91 bits per heavy atom. The Morgan fingerprint density at radius 1 is 1.12 bits per heavy atom. The third-order valence-electron chi connectivity index (χ3n) is 8.21. The van der Waals surface area contributed by atoms with Crippen LogP contribution >= 0.6 is 0 Å². The van der Waals surface area contributed by atoms with Crippen molar-refractivity contribution in [2.45, 2.75) is 32.1 Å². The summed E-state index contributed by atoms with van der Waals surface area (Å²) in [5.41, 5.74) is 2.72. The number of nitrogens with zero attached hydrogens (tertiary/aromatic N) is 2. The highest BCUT2D eigenvalue weighted by Gasteiger charge is 2.62. The first-order valence-electron chi connectivity index (χ1n) is 12.1. The monoisotopic (exact) mass is 446 g/mol. The van der Waals surface area contributed by atoms with E-state index >= 15 is 0 Å². The summed E-state index contributed by atoms with van der Waals surface area (Å²) in [6, 6.07) is 7.42. The smallest absolute Gasteiger partial charge is 0.251 e. The minimum atomic E-state index is -0.0250. The standard InChI is InChI=1S/C26H30N4O3/c31-24(27-14-19-13-20-3-6-23(19)26(20)9-10-26)17-1-4-22(5-2-17)30-16-21(15-28-30)29-25(32)18-7-11-33-12-8-18/h1-6,15-16,18-20,23H,7-14H2,(H,27,31)(H,29,32)/t19-,20-,23-/m1/s1. The Hall–Kier alpha value is -2.93. The molecule has 1 aromatic carbocycles. The fourth-order valence-electron chi connectivity index (χ4n) is 6.18. The van der Waals surface area contributed by atoms with Crippen molar-refractivity contribution in [3.05, 3.63) is 54.4 Å². The lowest BCUT2D eigenvalue weighted by molar-refractivity contribution is -0.122. The van der Waals surface area contributed by atoms with Gasteiger partial charge in [0.2, 0.25) is 5.91 Å². The highest BCUT2D eigenvalue weighted by Crippen LogP contribution is 2.69. The van der Waals surface area contributed by atoms with E-state index in [4.69, 9.17) is 4.74 Å². The van der Waals surface area contributed by atoms with Crippen molar-refractivity contribution in [1.29, 1.82) is 0 Å². The average molecular weight is 447 g/mol. The first-order valence-corrected chi connectivity index (χ1v) is 12.1. The van der Waals surface area contributed by atoms with Crippen LogP contribution in [0.15, 0.2) is 48.8 Å². The summed E-state index contributed by atoms with van der Waals surface area (Å²) < 4.78 is 7.03. The predicted molar refractivity (Wildman–Crippen MR) is 124 cm³/mol. The van der Waals surface area contributed by atoms with Crippen LogP contribution in [0.25, 0.3) is 5.69 Å². The van der Waals surface area contributed by atoms with Crippen LogP contribution in [0.4, 0.5) is 5.69 Å². The molecule has 7 heteroatoms. The summed E-state index contributed by atoms with van der Waals surface area (Å²) in [4.78, 5) is 25.1. The molecule has 1 spiro atoms. The topological polar surface area (TPSA) is 85.2 Å². The van der Waals surface area contributed by atoms with Gasteiger partial charge in [0.25, 0.3) is 5.91 Å². The van der Waals surface area contributed by atoms with Crippen molar-refractivity contribution in [3.63, 3.8) is 0 Å². The Labute approximate surface area is 193 Å². The number of amides is 2. The molecule has 33 heavy (non-hydrogen) atoms. The lowest BCUT2D eigenvalue weighted by Crippen LogP contribution is -2.31. The molecular formula is C26H30N4O3. The first kappa shape index (κ1) is 20.7. The van der Waals surface area contributed by atoms with Gasteiger partial charge in [-0.15, -0.1) is 0 Å². The summed E-state index contributed by atoms with van der Waals surface area (Å²) in [6.45, 7) is 2.02. The molecule has 2 amide bonds. The maximum Gasteiger partial charge on any atom is 0.251 e. The van der Waals surface area contributed by atoms with E-state index in [0.717, 1.165) is 31.0 Å². The van der Waals surface area contributed by atoms with Gasteiger partial charge in [-0.3, -0.25) is 9.59 Å². The normalized spacial score (nSPS) is 27.1. The van der Waals surface area contributed by atoms with Gasteiger partial charge in [-0.05, 0) is 79.5 Å². The second-order valence-corrected chi connectivity index (χ2v) is 10.1. The molecule has 2 N–H and O–H groups in total. The van der Waals surface area contributed by atoms with Crippen LogP contribution in [0, 0.1) is 29.1 Å². The van der Waals surface area contributed by atoms with E-state index in [1.54, 1.807) is 17.1 Å². The molecule has 3 aliphatic carbocycles. The number of hydrogen-bond donors (Lipinski definition) is 2. The fourth-order valence-corrected chi connectivity index (χ4v) is 6.18. The minimum Gasteiger partial charge on any atom is -0.381 e. The molecule has 2 saturated carbocycles. The number of anilines is 1. The largest absolute Gasteiger partial charge is 0.381 e. The van der Waals surface area contributed by atoms with Crippen molar-refractivity contribution in [3.8, 4) is 5.69 Å². The van der Waals surface area contributed by atoms with Crippen molar-refractivity contribution in [1.82, 2.24) is 15.1 Å². The van der Waals surface area contributed by atoms with E-state index in [2.05, 4.69) is 27.9 Å². The van der Waals surface area contributed by atoms with E-state index in [0.29, 0.717) is 41.7 Å². The number of aromatic nitrogens is 2. The number of carbonyl (C=O) groups excluding carboxylic acids is 2. The van der Waals surface area contributed by atoms with Crippen molar-refractivity contribution in [2.24, 2.45) is 29.1 Å². The maximum atomic E-state index is 12.7. The fraction of sp³-hybridized carbons (Fsp3) is 0.500. The Morgan fingerprint density at radius 3 is 2.64 bits per heavy atom. The van der Waals surface area contributed by atoms with Gasteiger partial charge in [0, 0.05) is 31.2 Å². The van der Waals surface area contributed by atoms with E-state index in [1.165, 1.54) is 19.3 Å². The third kappa shape index (κ3) is 3.78. The summed E-state index contributed by atoms with van der Waals surface area (Å²) in [7, 11) is 0. The van der Waals surface area contributed by atoms with Gasteiger partial charge in [-0.25, -0.2) is 4.68 Å². The molecule has 172 valence electrons. The second kappa shape index (κ2) is 8.13. The zero-order valence-corrected chi connectivity index (χ0v) is 18.7. The van der Waals surface area contributed by atoms with Crippen molar-refractivity contribution < 1.29 is 14.3 Å². The molecule has 1 aromatic heterocycles.